The van der Waals surface area contributed by atoms with Crippen LogP contribution >= 0.6 is 12.2 Å². The lowest BCUT2D eigenvalue weighted by atomic mass is 10.1. The Balaban J connectivity index is 1.97. The van der Waals surface area contributed by atoms with Crippen LogP contribution in [-0.2, 0) is 4.74 Å². The molecule has 0 atom stereocenters. The molecule has 0 radical (unpaired) electrons. The van der Waals surface area contributed by atoms with E-state index < -0.39 is 0 Å². The van der Waals surface area contributed by atoms with Gasteiger partial charge in [-0.2, -0.15) is 0 Å². The van der Waals surface area contributed by atoms with Gasteiger partial charge in [0.2, 0.25) is 0 Å². The number of hydrogen-bond donors (Lipinski definition) is 3. The van der Waals surface area contributed by atoms with Crippen LogP contribution in [0, 0.1) is 0 Å². The lowest BCUT2D eigenvalue weighted by Crippen LogP contribution is -2.35. The number of thiocarbonyl (C=S) groups is 1. The van der Waals surface area contributed by atoms with Gasteiger partial charge < -0.3 is 15.4 Å². The van der Waals surface area contributed by atoms with Gasteiger partial charge in [0.1, 0.15) is 0 Å². The molecular formula is C19H21N3O3S. The van der Waals surface area contributed by atoms with Gasteiger partial charge >= 0.3 is 0 Å². The van der Waals surface area contributed by atoms with Crippen LogP contribution in [0.1, 0.15) is 27.1 Å². The normalized spacial score (nSPS) is 10.0. The van der Waals surface area contributed by atoms with E-state index in [4.69, 9.17) is 17.0 Å². The fourth-order valence-electron chi connectivity index (χ4n) is 2.22. The Bertz CT molecular complexity index is 766. The highest BCUT2D eigenvalue weighted by atomic mass is 32.1. The Morgan fingerprint density at radius 3 is 2.42 bits per heavy atom. The van der Waals surface area contributed by atoms with Gasteiger partial charge in [-0.05, 0) is 42.9 Å². The van der Waals surface area contributed by atoms with Crippen molar-refractivity contribution in [2.24, 2.45) is 0 Å². The molecule has 6 nitrogen and oxygen atoms in total. The summed E-state index contributed by atoms with van der Waals surface area (Å²) in [6, 6.07) is 15.7. The molecule has 136 valence electrons. The van der Waals surface area contributed by atoms with E-state index in [0.717, 1.165) is 6.42 Å². The highest BCUT2D eigenvalue weighted by molar-refractivity contribution is 7.80. The first-order chi connectivity index (χ1) is 12.6. The van der Waals surface area contributed by atoms with Crippen molar-refractivity contribution >= 4 is 34.8 Å². The topological polar surface area (TPSA) is 79.5 Å². The number of carbonyl (C=O) groups excluding carboxylic acids is 2. The molecule has 2 amide bonds. The van der Waals surface area contributed by atoms with E-state index in [-0.39, 0.29) is 16.9 Å². The summed E-state index contributed by atoms with van der Waals surface area (Å²) < 4.78 is 4.96. The van der Waals surface area contributed by atoms with Crippen LogP contribution in [0.25, 0.3) is 0 Å². The molecule has 26 heavy (non-hydrogen) atoms. The number of carbonyl (C=O) groups is 2. The van der Waals surface area contributed by atoms with E-state index in [1.807, 2.05) is 6.07 Å². The van der Waals surface area contributed by atoms with Gasteiger partial charge in [-0.25, -0.2) is 0 Å². The maximum atomic E-state index is 12.3. The third-order valence-corrected chi connectivity index (χ3v) is 3.70. The first-order valence-electron chi connectivity index (χ1n) is 8.15. The van der Waals surface area contributed by atoms with E-state index in [1.165, 1.54) is 0 Å². The minimum absolute atomic E-state index is 0.124. The van der Waals surface area contributed by atoms with Gasteiger partial charge in [0, 0.05) is 25.8 Å². The fourth-order valence-corrected chi connectivity index (χ4v) is 2.42. The number of methoxy groups -OCH3 is 1. The second kappa shape index (κ2) is 10.3. The van der Waals surface area contributed by atoms with Gasteiger partial charge in [0.05, 0.1) is 11.3 Å². The average Bonchev–Trinajstić information content (AvgIpc) is 2.66. The molecule has 0 aliphatic rings. The Morgan fingerprint density at radius 1 is 1.00 bits per heavy atom. The van der Waals surface area contributed by atoms with Crippen molar-refractivity contribution in [2.75, 3.05) is 25.6 Å². The molecule has 0 bridgehead atoms. The molecular weight excluding hydrogens is 350 g/mol. The van der Waals surface area contributed by atoms with Crippen LogP contribution in [0.5, 0.6) is 0 Å². The molecule has 7 heteroatoms. The van der Waals surface area contributed by atoms with Crippen molar-refractivity contribution in [2.45, 2.75) is 6.42 Å². The molecule has 0 saturated heterocycles. The third-order valence-electron chi connectivity index (χ3n) is 3.49. The molecule has 0 aliphatic carbocycles. The summed E-state index contributed by atoms with van der Waals surface area (Å²) in [5, 5.41) is 8.46. The molecule has 0 saturated carbocycles. The smallest absolute Gasteiger partial charge is 0.257 e. The zero-order valence-corrected chi connectivity index (χ0v) is 15.3. The number of amides is 2. The van der Waals surface area contributed by atoms with Gasteiger partial charge in [0.15, 0.2) is 5.11 Å². The monoisotopic (exact) mass is 371 g/mol. The Kier molecular flexibility index (Phi) is 7.73. The maximum absolute atomic E-state index is 12.3. The van der Waals surface area contributed by atoms with Crippen molar-refractivity contribution in [3.8, 4) is 0 Å². The van der Waals surface area contributed by atoms with Crippen LogP contribution in [0.2, 0.25) is 0 Å². The summed E-state index contributed by atoms with van der Waals surface area (Å²) in [4.78, 5) is 24.5. The predicted molar refractivity (Wildman–Crippen MR) is 105 cm³/mol. The van der Waals surface area contributed by atoms with E-state index in [1.54, 1.807) is 55.6 Å². The minimum atomic E-state index is -0.315. The molecule has 0 spiro atoms. The lowest BCUT2D eigenvalue weighted by Gasteiger charge is -2.13. The molecule has 0 heterocycles. The fraction of sp³-hybridized carbons (Fsp3) is 0.211. The highest BCUT2D eigenvalue weighted by Gasteiger charge is 2.13. The largest absolute Gasteiger partial charge is 0.385 e. The minimum Gasteiger partial charge on any atom is -0.385 e. The molecule has 2 rings (SSSR count). The van der Waals surface area contributed by atoms with Gasteiger partial charge in [-0.3, -0.25) is 14.9 Å². The summed E-state index contributed by atoms with van der Waals surface area (Å²) in [6.45, 7) is 1.09. The molecule has 0 aromatic heterocycles. The van der Waals surface area contributed by atoms with Gasteiger partial charge in [-0.1, -0.05) is 30.3 Å². The Morgan fingerprint density at radius 2 is 1.69 bits per heavy atom. The first-order valence-corrected chi connectivity index (χ1v) is 8.56. The van der Waals surface area contributed by atoms with E-state index in [2.05, 4.69) is 16.0 Å². The summed E-state index contributed by atoms with van der Waals surface area (Å²) in [6.07, 6.45) is 0.726. The van der Waals surface area contributed by atoms with Crippen molar-refractivity contribution in [3.05, 3.63) is 65.7 Å². The van der Waals surface area contributed by atoms with E-state index in [9.17, 15) is 9.59 Å². The van der Waals surface area contributed by atoms with Crippen molar-refractivity contribution < 1.29 is 14.3 Å². The van der Waals surface area contributed by atoms with Crippen LogP contribution in [0.4, 0.5) is 5.69 Å². The molecule has 2 aromatic rings. The van der Waals surface area contributed by atoms with Gasteiger partial charge in [0.25, 0.3) is 11.8 Å². The molecule has 0 unspecified atom stereocenters. The summed E-state index contributed by atoms with van der Waals surface area (Å²) in [5.74, 6) is -0.536. The standard InChI is InChI=1S/C19H21N3O3S/c1-25-13-7-12-20-18(24)15-10-5-6-11-16(15)21-19(26)22-17(23)14-8-3-2-4-9-14/h2-6,8-11H,7,12-13H2,1H3,(H,20,24)(H2,21,22,23,26). The quantitative estimate of drug-likeness (QED) is 0.515. The summed E-state index contributed by atoms with van der Waals surface area (Å²) >= 11 is 5.19. The second-order valence-electron chi connectivity index (χ2n) is 5.42. The Labute approximate surface area is 157 Å². The van der Waals surface area contributed by atoms with Crippen molar-refractivity contribution in [3.63, 3.8) is 0 Å². The van der Waals surface area contributed by atoms with Crippen molar-refractivity contribution in [1.29, 1.82) is 0 Å². The zero-order chi connectivity index (χ0) is 18.8. The number of nitrogens with one attached hydrogen (secondary N) is 3. The number of ether oxygens (including phenoxy) is 1. The van der Waals surface area contributed by atoms with Crippen LogP contribution in [0.3, 0.4) is 0 Å². The van der Waals surface area contributed by atoms with Crippen LogP contribution < -0.4 is 16.0 Å². The summed E-state index contributed by atoms with van der Waals surface area (Å²) in [5.41, 5.74) is 1.47. The number of rotatable bonds is 7. The molecule has 0 aliphatic heterocycles. The third kappa shape index (κ3) is 5.94. The lowest BCUT2D eigenvalue weighted by molar-refractivity contribution is 0.0947. The molecule has 0 fully saturated rings. The second-order valence-corrected chi connectivity index (χ2v) is 5.83. The number of para-hydroxylation sites is 1. The average molecular weight is 371 g/mol. The molecule has 2 aromatic carbocycles. The van der Waals surface area contributed by atoms with Crippen LogP contribution in [0.15, 0.2) is 54.6 Å². The highest BCUT2D eigenvalue weighted by Crippen LogP contribution is 2.15. The number of benzene rings is 2. The van der Waals surface area contributed by atoms with Crippen LogP contribution in [-0.4, -0.2) is 37.2 Å². The van der Waals surface area contributed by atoms with E-state index >= 15 is 0 Å². The predicted octanol–water partition coefficient (Wildman–Crippen LogP) is 2.58. The first kappa shape index (κ1) is 19.6. The van der Waals surface area contributed by atoms with Crippen molar-refractivity contribution in [1.82, 2.24) is 10.6 Å². The Hall–Kier alpha value is -2.77. The zero-order valence-electron chi connectivity index (χ0n) is 14.5. The SMILES string of the molecule is COCCCNC(=O)c1ccccc1NC(=S)NC(=O)c1ccccc1. The number of anilines is 1. The van der Waals surface area contributed by atoms with E-state index in [0.29, 0.717) is 30.0 Å². The number of hydrogen-bond acceptors (Lipinski definition) is 4. The van der Waals surface area contributed by atoms with Gasteiger partial charge in [-0.15, -0.1) is 0 Å². The maximum Gasteiger partial charge on any atom is 0.257 e. The molecule has 3 N–H and O–H groups in total. The summed E-state index contributed by atoms with van der Waals surface area (Å²) in [7, 11) is 1.62.